The number of methoxy groups -OCH3 is 1. The molecule has 0 saturated heterocycles. The number of nitrogens with zero attached hydrogens (tertiary/aromatic N) is 3. The minimum atomic E-state index is -0.345. The van der Waals surface area contributed by atoms with E-state index in [2.05, 4.69) is 12.1 Å². The van der Waals surface area contributed by atoms with Gasteiger partial charge in [0, 0.05) is 16.6 Å². The highest BCUT2D eigenvalue weighted by molar-refractivity contribution is 8.00. The van der Waals surface area contributed by atoms with Crippen molar-refractivity contribution in [2.45, 2.75) is 49.3 Å². The van der Waals surface area contributed by atoms with Gasteiger partial charge in [0.25, 0.3) is 0 Å². The summed E-state index contributed by atoms with van der Waals surface area (Å²) in [7, 11) is 1.64. The fraction of sp³-hybridized carbons (Fsp3) is 0.276. The zero-order valence-electron chi connectivity index (χ0n) is 20.0. The Labute approximate surface area is 209 Å². The van der Waals surface area contributed by atoms with Gasteiger partial charge in [-0.3, -0.25) is 9.36 Å². The molecule has 0 bridgehead atoms. The SMILES string of the molecule is CCC(Sc1nc(-c2ccc(OC)cc2)ccc1C#N)C(=O)n1c2c(c3ccccc31)CCCC2. The predicted octanol–water partition coefficient (Wildman–Crippen LogP) is 6.67. The molecule has 0 radical (unpaired) electrons. The number of para-hydroxylation sites is 1. The van der Waals surface area contributed by atoms with E-state index in [1.165, 1.54) is 22.7 Å². The maximum Gasteiger partial charge on any atom is 0.244 e. The summed E-state index contributed by atoms with van der Waals surface area (Å²) in [6, 6.07) is 21.8. The summed E-state index contributed by atoms with van der Waals surface area (Å²) in [5, 5.41) is 11.2. The first-order valence-corrected chi connectivity index (χ1v) is 12.9. The lowest BCUT2D eigenvalue weighted by molar-refractivity contribution is 0.0910. The lowest BCUT2D eigenvalue weighted by Crippen LogP contribution is -2.26. The van der Waals surface area contributed by atoms with E-state index in [-0.39, 0.29) is 11.2 Å². The predicted molar refractivity (Wildman–Crippen MR) is 140 cm³/mol. The van der Waals surface area contributed by atoms with Crippen molar-refractivity contribution < 1.29 is 9.53 Å². The Balaban J connectivity index is 1.51. The summed E-state index contributed by atoms with van der Waals surface area (Å²) in [4.78, 5) is 18.8. The summed E-state index contributed by atoms with van der Waals surface area (Å²) in [6.07, 6.45) is 4.85. The van der Waals surface area contributed by atoms with E-state index in [9.17, 15) is 10.1 Å². The van der Waals surface area contributed by atoms with Gasteiger partial charge in [-0.05, 0) is 80.1 Å². The van der Waals surface area contributed by atoms with Gasteiger partial charge in [0.15, 0.2) is 0 Å². The molecule has 1 aliphatic rings. The molecular formula is C29H27N3O2S. The van der Waals surface area contributed by atoms with Gasteiger partial charge in [0.2, 0.25) is 5.91 Å². The van der Waals surface area contributed by atoms with Crippen LogP contribution in [0.3, 0.4) is 0 Å². The minimum absolute atomic E-state index is 0.0670. The van der Waals surface area contributed by atoms with Gasteiger partial charge in [0.05, 0.1) is 29.1 Å². The average Bonchev–Trinajstić information content (AvgIpc) is 3.25. The zero-order chi connectivity index (χ0) is 24.4. The third-order valence-corrected chi connectivity index (χ3v) is 8.02. The minimum Gasteiger partial charge on any atom is -0.497 e. The van der Waals surface area contributed by atoms with Crippen molar-refractivity contribution in [3.8, 4) is 23.1 Å². The summed E-state index contributed by atoms with van der Waals surface area (Å²) in [5.74, 6) is 0.841. The second-order valence-corrected chi connectivity index (χ2v) is 9.92. The molecule has 0 saturated carbocycles. The number of carbonyl (C=O) groups is 1. The van der Waals surface area contributed by atoms with Crippen molar-refractivity contribution in [1.82, 2.24) is 9.55 Å². The van der Waals surface area contributed by atoms with Crippen LogP contribution in [0.1, 0.15) is 47.8 Å². The van der Waals surface area contributed by atoms with Crippen LogP contribution >= 0.6 is 11.8 Å². The normalized spacial score (nSPS) is 13.7. The fourth-order valence-corrected chi connectivity index (χ4v) is 5.91. The molecule has 0 amide bonds. The van der Waals surface area contributed by atoms with Crippen molar-refractivity contribution in [2.24, 2.45) is 0 Å². The molecule has 0 aliphatic heterocycles. The summed E-state index contributed by atoms with van der Waals surface area (Å²) in [6.45, 7) is 2.02. The van der Waals surface area contributed by atoms with E-state index < -0.39 is 0 Å². The molecular weight excluding hydrogens is 454 g/mol. The van der Waals surface area contributed by atoms with E-state index in [1.807, 2.05) is 60.0 Å². The average molecular weight is 482 g/mol. The van der Waals surface area contributed by atoms with Gasteiger partial charge in [0.1, 0.15) is 16.8 Å². The van der Waals surface area contributed by atoms with Crippen LogP contribution in [0.15, 0.2) is 65.7 Å². The van der Waals surface area contributed by atoms with Crippen LogP contribution in [0, 0.1) is 11.3 Å². The molecule has 176 valence electrons. The summed E-state index contributed by atoms with van der Waals surface area (Å²) >= 11 is 1.39. The number of nitriles is 1. The molecule has 1 aliphatic carbocycles. The van der Waals surface area contributed by atoms with Crippen molar-refractivity contribution in [3.05, 3.63) is 77.5 Å². The first-order chi connectivity index (χ1) is 17.1. The largest absolute Gasteiger partial charge is 0.497 e. The maximum absolute atomic E-state index is 14.0. The van der Waals surface area contributed by atoms with Crippen molar-refractivity contribution in [2.75, 3.05) is 7.11 Å². The van der Waals surface area contributed by atoms with Crippen LogP contribution in [-0.4, -0.2) is 27.8 Å². The quantitative estimate of drug-likeness (QED) is 0.288. The molecule has 0 fully saturated rings. The van der Waals surface area contributed by atoms with Gasteiger partial charge in [-0.25, -0.2) is 4.98 Å². The Kier molecular flexibility index (Phi) is 6.61. The lowest BCUT2D eigenvalue weighted by Gasteiger charge is -2.19. The lowest BCUT2D eigenvalue weighted by atomic mass is 9.95. The Morgan fingerprint density at radius 1 is 1.11 bits per heavy atom. The molecule has 2 heterocycles. The number of aryl methyl sites for hydroxylation is 1. The standard InChI is InChI=1S/C29H27N3O2S/c1-3-27(29(33)32-25-10-6-4-8-22(25)23-9-5-7-11-26(23)32)35-28-20(18-30)14-17-24(31-28)19-12-15-21(34-2)16-13-19/h4,6,8,10,12-17,27H,3,5,7,9,11H2,1-2H3. The van der Waals surface area contributed by atoms with E-state index >= 15 is 0 Å². The number of hydrogen-bond donors (Lipinski definition) is 0. The van der Waals surface area contributed by atoms with Gasteiger partial charge in [-0.1, -0.05) is 36.9 Å². The topological polar surface area (TPSA) is 67.9 Å². The van der Waals surface area contributed by atoms with Crippen molar-refractivity contribution in [3.63, 3.8) is 0 Å². The van der Waals surface area contributed by atoms with E-state index in [4.69, 9.17) is 9.72 Å². The summed E-state index contributed by atoms with van der Waals surface area (Å²) < 4.78 is 7.21. The van der Waals surface area contributed by atoms with E-state index in [0.29, 0.717) is 17.0 Å². The van der Waals surface area contributed by atoms with Gasteiger partial charge in [-0.15, -0.1) is 0 Å². The number of ether oxygens (including phenoxy) is 1. The molecule has 2 aromatic heterocycles. The molecule has 0 N–H and O–H groups in total. The van der Waals surface area contributed by atoms with E-state index in [0.717, 1.165) is 53.9 Å². The zero-order valence-corrected chi connectivity index (χ0v) is 20.8. The Morgan fingerprint density at radius 2 is 1.89 bits per heavy atom. The number of benzene rings is 2. The molecule has 5 nitrogen and oxygen atoms in total. The maximum atomic E-state index is 14.0. The number of thioether (sulfide) groups is 1. The van der Waals surface area contributed by atoms with Crippen molar-refractivity contribution in [1.29, 1.82) is 5.26 Å². The van der Waals surface area contributed by atoms with Crippen LogP contribution in [0.2, 0.25) is 0 Å². The first kappa shape index (κ1) is 23.2. The second kappa shape index (κ2) is 9.97. The first-order valence-electron chi connectivity index (χ1n) is 12.0. The summed E-state index contributed by atoms with van der Waals surface area (Å²) in [5.41, 5.74) is 5.64. The van der Waals surface area contributed by atoms with Crippen molar-refractivity contribution >= 4 is 28.6 Å². The van der Waals surface area contributed by atoms with Crippen LogP contribution in [0.25, 0.3) is 22.2 Å². The van der Waals surface area contributed by atoms with Gasteiger partial charge < -0.3 is 4.74 Å². The van der Waals surface area contributed by atoms with Crippen LogP contribution < -0.4 is 4.74 Å². The second-order valence-electron chi connectivity index (χ2n) is 8.73. The molecule has 4 aromatic rings. The van der Waals surface area contributed by atoms with Crippen LogP contribution in [-0.2, 0) is 12.8 Å². The third kappa shape index (κ3) is 4.33. The molecule has 1 atom stereocenters. The Bertz CT molecular complexity index is 1430. The van der Waals surface area contributed by atoms with Gasteiger partial charge >= 0.3 is 0 Å². The fourth-order valence-electron chi connectivity index (χ4n) is 4.87. The van der Waals surface area contributed by atoms with Crippen LogP contribution in [0.5, 0.6) is 5.75 Å². The van der Waals surface area contributed by atoms with E-state index in [1.54, 1.807) is 13.2 Å². The Hall–Kier alpha value is -3.56. The highest BCUT2D eigenvalue weighted by Crippen LogP contribution is 2.36. The number of rotatable bonds is 6. The smallest absolute Gasteiger partial charge is 0.244 e. The number of aromatic nitrogens is 2. The number of carbonyl (C=O) groups excluding carboxylic acids is 1. The molecule has 35 heavy (non-hydrogen) atoms. The number of fused-ring (bicyclic) bond motifs is 3. The monoisotopic (exact) mass is 481 g/mol. The molecule has 5 rings (SSSR count). The Morgan fingerprint density at radius 3 is 2.63 bits per heavy atom. The number of pyridine rings is 1. The third-order valence-electron chi connectivity index (χ3n) is 6.67. The molecule has 0 spiro atoms. The van der Waals surface area contributed by atoms with Crippen LogP contribution in [0.4, 0.5) is 0 Å². The highest BCUT2D eigenvalue weighted by atomic mass is 32.2. The molecule has 2 aromatic carbocycles. The number of hydrogen-bond acceptors (Lipinski definition) is 5. The highest BCUT2D eigenvalue weighted by Gasteiger charge is 2.28. The molecule has 1 unspecified atom stereocenters. The van der Waals surface area contributed by atoms with Gasteiger partial charge in [-0.2, -0.15) is 5.26 Å². The molecule has 6 heteroatoms.